The molecule has 0 aliphatic heterocycles. The Labute approximate surface area is 330 Å². The van der Waals surface area contributed by atoms with Gasteiger partial charge in [0.05, 0.1) is 11.2 Å². The number of hydrogen-bond donors (Lipinski definition) is 0. The van der Waals surface area contributed by atoms with Crippen molar-refractivity contribution in [3.05, 3.63) is 212 Å². The van der Waals surface area contributed by atoms with E-state index in [4.69, 9.17) is 4.42 Å². The van der Waals surface area contributed by atoms with Gasteiger partial charge in [-0.1, -0.05) is 164 Å². The number of fused-ring (bicyclic) bond motifs is 7. The van der Waals surface area contributed by atoms with Crippen LogP contribution in [0.2, 0.25) is 0 Å². The summed E-state index contributed by atoms with van der Waals surface area (Å²) in [5.41, 5.74) is 7.95. The van der Waals surface area contributed by atoms with E-state index in [1.807, 2.05) is 108 Å². The molecule has 0 N–H and O–H groups in total. The van der Waals surface area contributed by atoms with Crippen LogP contribution in [0.1, 0.15) is 5.48 Å². The normalized spacial score (nSPS) is 12.6. The van der Waals surface area contributed by atoms with Gasteiger partial charge in [-0.05, 0) is 103 Å². The fourth-order valence-corrected chi connectivity index (χ4v) is 8.24. The molecule has 0 radical (unpaired) electrons. The van der Waals surface area contributed by atoms with E-state index >= 15 is 0 Å². The van der Waals surface area contributed by atoms with Gasteiger partial charge < -0.3 is 9.32 Å². The number of para-hydroxylation sites is 2. The molecule has 10 aromatic carbocycles. The molecule has 56 heavy (non-hydrogen) atoms. The predicted molar refractivity (Wildman–Crippen MR) is 237 cm³/mol. The minimum atomic E-state index is -0.135. The Morgan fingerprint density at radius 3 is 1.86 bits per heavy atom. The number of anilines is 3. The zero-order chi connectivity index (χ0) is 40.5. The van der Waals surface area contributed by atoms with Crippen molar-refractivity contribution >= 4 is 71.3 Å². The number of furan rings is 1. The fraction of sp³-hybridized carbons (Fsp3) is 0. The van der Waals surface area contributed by atoms with Gasteiger partial charge in [0, 0.05) is 33.1 Å². The van der Waals surface area contributed by atoms with Crippen LogP contribution < -0.4 is 4.90 Å². The molecule has 0 atom stereocenters. The maximum atomic E-state index is 9.71. The standard InChI is InChI=1S/C54H35NO/c1-2-13-41-35-42(24-23-36(41)11-1)37-25-30-43(31-26-37)55(44-32-27-39(28-33-44)46-19-9-14-38-12-3-4-16-45(38)46)51-21-7-5-17-47(51)49-20-10-15-40-29-34-50-48-18-6-8-22-52(48)56-54(50)53(40)49/h1-35H/i25D,26D,30D,31D. The van der Waals surface area contributed by atoms with E-state index in [9.17, 15) is 5.48 Å². The van der Waals surface area contributed by atoms with Gasteiger partial charge in [-0.25, -0.2) is 0 Å². The van der Waals surface area contributed by atoms with Crippen molar-refractivity contribution in [2.24, 2.45) is 0 Å². The third-order valence-electron chi connectivity index (χ3n) is 10.9. The van der Waals surface area contributed by atoms with Crippen molar-refractivity contribution in [3.63, 3.8) is 0 Å². The average molecular weight is 718 g/mol. The molecule has 1 aromatic heterocycles. The van der Waals surface area contributed by atoms with E-state index in [0.717, 1.165) is 76.5 Å². The lowest BCUT2D eigenvalue weighted by Crippen LogP contribution is -2.11. The van der Waals surface area contributed by atoms with E-state index in [2.05, 4.69) is 84.9 Å². The first-order valence-electron chi connectivity index (χ1n) is 20.8. The van der Waals surface area contributed by atoms with Crippen LogP contribution in [0.3, 0.4) is 0 Å². The van der Waals surface area contributed by atoms with Crippen molar-refractivity contribution in [2.45, 2.75) is 0 Å². The molecule has 0 unspecified atom stereocenters. The first kappa shape index (κ1) is 28.1. The first-order valence-corrected chi connectivity index (χ1v) is 18.8. The smallest absolute Gasteiger partial charge is 0.143 e. The number of benzene rings is 10. The second-order valence-corrected chi connectivity index (χ2v) is 14.2. The summed E-state index contributed by atoms with van der Waals surface area (Å²) in [5.74, 6) is 0. The summed E-state index contributed by atoms with van der Waals surface area (Å²) in [5, 5.41) is 8.33. The van der Waals surface area contributed by atoms with Crippen molar-refractivity contribution in [2.75, 3.05) is 4.90 Å². The summed E-state index contributed by atoms with van der Waals surface area (Å²) < 4.78 is 45.0. The van der Waals surface area contributed by atoms with Crippen molar-refractivity contribution in [3.8, 4) is 33.4 Å². The molecule has 0 saturated heterocycles. The summed E-state index contributed by atoms with van der Waals surface area (Å²) in [7, 11) is 0. The van der Waals surface area contributed by atoms with Crippen LogP contribution in [0.25, 0.3) is 87.6 Å². The Balaban J connectivity index is 1.16. The van der Waals surface area contributed by atoms with Gasteiger partial charge in [0.1, 0.15) is 11.2 Å². The van der Waals surface area contributed by atoms with Gasteiger partial charge in [-0.3, -0.25) is 0 Å². The summed E-state index contributed by atoms with van der Waals surface area (Å²) in [6, 6.07) is 62.6. The second kappa shape index (κ2) is 13.2. The summed E-state index contributed by atoms with van der Waals surface area (Å²) >= 11 is 0. The Bertz CT molecular complexity index is 3460. The number of rotatable bonds is 6. The topological polar surface area (TPSA) is 16.4 Å². The van der Waals surface area contributed by atoms with Gasteiger partial charge in [0.25, 0.3) is 0 Å². The maximum absolute atomic E-state index is 9.71. The van der Waals surface area contributed by atoms with Crippen LogP contribution in [0, 0.1) is 0 Å². The van der Waals surface area contributed by atoms with Crippen LogP contribution in [0.4, 0.5) is 17.1 Å². The SMILES string of the molecule is [2H]c1c([2H])c(N(c2ccc(-c3cccc4ccccc34)cc2)c2ccccc2-c2cccc3ccc4c5ccccc5oc4c23)c([2H])c([2H])c1-c1ccc2ccccc2c1. The lowest BCUT2D eigenvalue weighted by molar-refractivity contribution is 0.673. The molecular weight excluding hydrogens is 679 g/mol. The lowest BCUT2D eigenvalue weighted by atomic mass is 9.94. The lowest BCUT2D eigenvalue weighted by Gasteiger charge is -2.28. The monoisotopic (exact) mass is 717 g/mol. The van der Waals surface area contributed by atoms with Gasteiger partial charge in [0.15, 0.2) is 0 Å². The van der Waals surface area contributed by atoms with Gasteiger partial charge >= 0.3 is 0 Å². The van der Waals surface area contributed by atoms with E-state index in [-0.39, 0.29) is 35.4 Å². The molecule has 11 rings (SSSR count). The zero-order valence-electron chi connectivity index (χ0n) is 34.3. The van der Waals surface area contributed by atoms with Crippen LogP contribution in [-0.2, 0) is 0 Å². The van der Waals surface area contributed by atoms with E-state index in [0.29, 0.717) is 16.9 Å². The highest BCUT2D eigenvalue weighted by Crippen LogP contribution is 2.46. The largest absolute Gasteiger partial charge is 0.455 e. The molecule has 11 aromatic rings. The molecule has 0 spiro atoms. The Kier molecular flexibility index (Phi) is 6.60. The zero-order valence-corrected chi connectivity index (χ0v) is 30.3. The Morgan fingerprint density at radius 2 is 1.00 bits per heavy atom. The first-order chi connectivity index (χ1) is 29.4. The van der Waals surface area contributed by atoms with Crippen LogP contribution in [-0.4, -0.2) is 0 Å². The third-order valence-corrected chi connectivity index (χ3v) is 10.9. The van der Waals surface area contributed by atoms with Gasteiger partial charge in [0.2, 0.25) is 0 Å². The Morgan fingerprint density at radius 1 is 0.375 bits per heavy atom. The molecule has 0 amide bonds. The molecule has 0 aliphatic rings. The average Bonchev–Trinajstić information content (AvgIpc) is 3.69. The highest BCUT2D eigenvalue weighted by atomic mass is 16.3. The minimum Gasteiger partial charge on any atom is -0.455 e. The molecule has 262 valence electrons. The Hall–Kier alpha value is -7.42. The maximum Gasteiger partial charge on any atom is 0.143 e. The molecule has 1 heterocycles. The van der Waals surface area contributed by atoms with E-state index in [1.54, 1.807) is 0 Å². The van der Waals surface area contributed by atoms with Crippen molar-refractivity contribution < 1.29 is 9.90 Å². The van der Waals surface area contributed by atoms with E-state index < -0.39 is 0 Å². The van der Waals surface area contributed by atoms with Crippen LogP contribution in [0.5, 0.6) is 0 Å². The molecule has 2 heteroatoms. The summed E-state index contributed by atoms with van der Waals surface area (Å²) in [4.78, 5) is 1.89. The van der Waals surface area contributed by atoms with Gasteiger partial charge in [-0.2, -0.15) is 0 Å². The van der Waals surface area contributed by atoms with Crippen LogP contribution in [0.15, 0.2) is 217 Å². The molecule has 0 fully saturated rings. The number of nitrogens with zero attached hydrogens (tertiary/aromatic N) is 1. The number of hydrogen-bond acceptors (Lipinski definition) is 2. The molecule has 0 aliphatic carbocycles. The van der Waals surface area contributed by atoms with Gasteiger partial charge in [-0.15, -0.1) is 0 Å². The summed E-state index contributed by atoms with van der Waals surface area (Å²) in [6.07, 6.45) is 0. The quantitative estimate of drug-likeness (QED) is 0.170. The van der Waals surface area contributed by atoms with Crippen molar-refractivity contribution in [1.82, 2.24) is 0 Å². The molecular formula is C54H35NO. The summed E-state index contributed by atoms with van der Waals surface area (Å²) in [6.45, 7) is 0. The third kappa shape index (κ3) is 5.34. The molecule has 2 nitrogen and oxygen atoms in total. The fourth-order valence-electron chi connectivity index (χ4n) is 8.24. The predicted octanol–water partition coefficient (Wildman–Crippen LogP) is 15.5. The highest BCUT2D eigenvalue weighted by molar-refractivity contribution is 6.19. The molecule has 0 bridgehead atoms. The minimum absolute atomic E-state index is 0.106. The second-order valence-electron chi connectivity index (χ2n) is 14.2. The van der Waals surface area contributed by atoms with E-state index in [1.165, 1.54) is 0 Å². The molecule has 0 saturated carbocycles. The van der Waals surface area contributed by atoms with Crippen molar-refractivity contribution in [1.29, 1.82) is 0 Å². The van der Waals surface area contributed by atoms with Crippen LogP contribution >= 0.6 is 0 Å². The highest BCUT2D eigenvalue weighted by Gasteiger charge is 2.21.